The van der Waals surface area contributed by atoms with Crippen LogP contribution in [0.4, 0.5) is 0 Å². The van der Waals surface area contributed by atoms with Crippen molar-refractivity contribution in [3.8, 4) is 11.6 Å². The van der Waals surface area contributed by atoms with Crippen LogP contribution in [-0.2, 0) is 11.2 Å². The van der Waals surface area contributed by atoms with E-state index >= 15 is 0 Å². The summed E-state index contributed by atoms with van der Waals surface area (Å²) in [5.74, 6) is 0.752. The van der Waals surface area contributed by atoms with Crippen LogP contribution < -0.4 is 4.74 Å². The third kappa shape index (κ3) is 3.18. The minimum absolute atomic E-state index is 0.0395. The zero-order valence-electron chi connectivity index (χ0n) is 9.38. The molecule has 94 valence electrons. The monoisotopic (exact) mass is 281 g/mol. The minimum Gasteiger partial charge on any atom is -0.494 e. The predicted molar refractivity (Wildman–Crippen MR) is 72.0 cm³/mol. The molecule has 4 nitrogen and oxygen atoms in total. The highest BCUT2D eigenvalue weighted by molar-refractivity contribution is 7.73. The van der Waals surface area contributed by atoms with Crippen molar-refractivity contribution in [2.45, 2.75) is 6.42 Å². The molecule has 0 aliphatic carbocycles. The van der Waals surface area contributed by atoms with Crippen molar-refractivity contribution in [3.05, 3.63) is 38.7 Å². The molecule has 1 aromatic heterocycles. The summed E-state index contributed by atoms with van der Waals surface area (Å²) >= 11 is 6.30. The number of aromatic amines is 1. The van der Waals surface area contributed by atoms with Gasteiger partial charge in [-0.25, -0.2) is 0 Å². The van der Waals surface area contributed by atoms with Gasteiger partial charge in [-0.3, -0.25) is 4.79 Å². The molecule has 1 aromatic carbocycles. The molecule has 0 aliphatic heterocycles. The Kier molecular flexibility index (Phi) is 4.11. The average Bonchev–Trinajstić information content (AvgIpc) is 2.66. The van der Waals surface area contributed by atoms with E-state index in [4.69, 9.17) is 17.0 Å². The third-order valence-corrected chi connectivity index (χ3v) is 3.51. The van der Waals surface area contributed by atoms with Crippen LogP contribution in [0.25, 0.3) is 0 Å². The maximum absolute atomic E-state index is 10.2. The Morgan fingerprint density at radius 1 is 1.50 bits per heavy atom. The van der Waals surface area contributed by atoms with E-state index in [0.717, 1.165) is 10.4 Å². The lowest BCUT2D eigenvalue weighted by atomic mass is 10.1. The Hall–Kier alpha value is -1.66. The molecule has 0 saturated carbocycles. The standard InChI is InChI=1S/C12H11NO3S2/c14-4-5-16-9-3-1-2-8(6-9)7-10-11(15)13-12(17)18-10/h1-4,6,15H,5,7H2,(H,13,17). The van der Waals surface area contributed by atoms with Gasteiger partial charge in [-0.1, -0.05) is 12.1 Å². The van der Waals surface area contributed by atoms with Crippen LogP contribution in [0.1, 0.15) is 10.4 Å². The number of hydrogen-bond acceptors (Lipinski definition) is 5. The molecule has 2 rings (SSSR count). The number of benzene rings is 1. The molecule has 2 N–H and O–H groups in total. The Bertz CT molecular complexity index is 603. The number of aldehydes is 1. The van der Waals surface area contributed by atoms with E-state index in [-0.39, 0.29) is 12.5 Å². The number of rotatable bonds is 5. The molecule has 18 heavy (non-hydrogen) atoms. The summed E-state index contributed by atoms with van der Waals surface area (Å²) in [5, 5.41) is 9.61. The quantitative estimate of drug-likeness (QED) is 0.653. The summed E-state index contributed by atoms with van der Waals surface area (Å²) in [5.41, 5.74) is 0.985. The van der Waals surface area contributed by atoms with Crippen molar-refractivity contribution in [2.75, 3.05) is 6.61 Å². The minimum atomic E-state index is 0.0395. The first-order valence-corrected chi connectivity index (χ1v) is 6.48. The molecule has 0 aliphatic rings. The van der Waals surface area contributed by atoms with Gasteiger partial charge in [0.2, 0.25) is 5.88 Å². The van der Waals surface area contributed by atoms with Crippen LogP contribution >= 0.6 is 23.6 Å². The van der Waals surface area contributed by atoms with Crippen LogP contribution in [0.2, 0.25) is 0 Å². The van der Waals surface area contributed by atoms with Crippen molar-refractivity contribution in [3.63, 3.8) is 0 Å². The summed E-state index contributed by atoms with van der Waals surface area (Å²) in [6, 6.07) is 7.39. The van der Waals surface area contributed by atoms with Crippen molar-refractivity contribution < 1.29 is 14.6 Å². The van der Waals surface area contributed by atoms with Crippen molar-refractivity contribution >= 4 is 29.8 Å². The molecule has 0 bridgehead atoms. The fourth-order valence-electron chi connectivity index (χ4n) is 1.53. The van der Waals surface area contributed by atoms with Crippen LogP contribution in [0.15, 0.2) is 24.3 Å². The van der Waals surface area contributed by atoms with E-state index < -0.39 is 0 Å². The summed E-state index contributed by atoms with van der Waals surface area (Å²) in [6.45, 7) is 0.0395. The average molecular weight is 281 g/mol. The van der Waals surface area contributed by atoms with E-state index in [0.29, 0.717) is 22.4 Å². The maximum Gasteiger partial charge on any atom is 0.203 e. The highest BCUT2D eigenvalue weighted by Crippen LogP contribution is 2.25. The predicted octanol–water partition coefficient (Wildman–Crippen LogP) is 2.68. The number of carbonyl (C=O) groups is 1. The number of ether oxygens (including phenoxy) is 1. The van der Waals surface area contributed by atoms with Gasteiger partial charge in [0.1, 0.15) is 12.4 Å². The number of hydrogen-bond donors (Lipinski definition) is 2. The summed E-state index contributed by atoms with van der Waals surface area (Å²) < 4.78 is 5.77. The highest BCUT2D eigenvalue weighted by Gasteiger charge is 2.06. The topological polar surface area (TPSA) is 62.3 Å². The SMILES string of the molecule is O=CCOc1cccc(Cc2sc(=S)[nH]c2O)c1. The first-order chi connectivity index (χ1) is 8.69. The molecule has 6 heteroatoms. The van der Waals surface area contributed by atoms with Crippen LogP contribution in [-0.4, -0.2) is 23.0 Å². The second-order valence-corrected chi connectivity index (χ2v) is 5.36. The first kappa shape index (κ1) is 12.8. The summed E-state index contributed by atoms with van der Waals surface area (Å²) in [7, 11) is 0. The Morgan fingerprint density at radius 3 is 3.00 bits per heavy atom. The number of H-pyrrole nitrogens is 1. The first-order valence-electron chi connectivity index (χ1n) is 5.25. The fraction of sp³-hybridized carbons (Fsp3) is 0.167. The van der Waals surface area contributed by atoms with Gasteiger partial charge in [-0.05, 0) is 29.9 Å². The van der Waals surface area contributed by atoms with E-state index in [1.165, 1.54) is 11.3 Å². The van der Waals surface area contributed by atoms with Gasteiger partial charge >= 0.3 is 0 Å². The van der Waals surface area contributed by atoms with Gasteiger partial charge in [0.05, 0.1) is 4.88 Å². The van der Waals surface area contributed by atoms with E-state index in [1.54, 1.807) is 6.07 Å². The molecule has 0 fully saturated rings. The zero-order valence-corrected chi connectivity index (χ0v) is 11.0. The maximum atomic E-state index is 10.2. The number of nitrogens with one attached hydrogen (secondary N) is 1. The van der Waals surface area contributed by atoms with Crippen LogP contribution in [0, 0.1) is 3.95 Å². The second kappa shape index (κ2) is 5.79. The lowest BCUT2D eigenvalue weighted by Crippen LogP contribution is -1.98. The Morgan fingerprint density at radius 2 is 2.33 bits per heavy atom. The second-order valence-electron chi connectivity index (χ2n) is 3.59. The van der Waals surface area contributed by atoms with Gasteiger partial charge in [0, 0.05) is 6.42 Å². The van der Waals surface area contributed by atoms with Crippen LogP contribution in [0.5, 0.6) is 11.6 Å². The molecular weight excluding hydrogens is 270 g/mol. The third-order valence-electron chi connectivity index (χ3n) is 2.28. The molecule has 0 spiro atoms. The molecule has 0 unspecified atom stereocenters. The number of thiazole rings is 1. The summed E-state index contributed by atoms with van der Waals surface area (Å²) in [6.07, 6.45) is 1.28. The lowest BCUT2D eigenvalue weighted by molar-refractivity contribution is -0.109. The molecule has 0 amide bonds. The molecule has 1 heterocycles. The Labute approximate surface area is 113 Å². The molecule has 0 saturated heterocycles. The van der Waals surface area contributed by atoms with E-state index in [1.807, 2.05) is 18.2 Å². The lowest BCUT2D eigenvalue weighted by Gasteiger charge is -2.04. The van der Waals surface area contributed by atoms with Crippen LogP contribution in [0.3, 0.4) is 0 Å². The van der Waals surface area contributed by atoms with E-state index in [9.17, 15) is 9.90 Å². The van der Waals surface area contributed by atoms with Gasteiger partial charge in [-0.15, -0.1) is 11.3 Å². The van der Waals surface area contributed by atoms with Gasteiger partial charge < -0.3 is 14.8 Å². The van der Waals surface area contributed by atoms with E-state index in [2.05, 4.69) is 4.98 Å². The van der Waals surface area contributed by atoms with Crippen molar-refractivity contribution in [1.82, 2.24) is 4.98 Å². The van der Waals surface area contributed by atoms with Gasteiger partial charge in [-0.2, -0.15) is 0 Å². The number of aromatic hydroxyl groups is 1. The molecule has 0 radical (unpaired) electrons. The van der Waals surface area contributed by atoms with Gasteiger partial charge in [0.15, 0.2) is 10.2 Å². The molecule has 0 atom stereocenters. The van der Waals surface area contributed by atoms with Gasteiger partial charge in [0.25, 0.3) is 0 Å². The smallest absolute Gasteiger partial charge is 0.203 e. The Balaban J connectivity index is 2.16. The number of carbonyl (C=O) groups excluding carboxylic acids is 1. The number of aromatic nitrogens is 1. The zero-order chi connectivity index (χ0) is 13.0. The molecule has 2 aromatic rings. The highest BCUT2D eigenvalue weighted by atomic mass is 32.1. The fourth-order valence-corrected chi connectivity index (χ4v) is 2.69. The largest absolute Gasteiger partial charge is 0.494 e. The molecular formula is C12H11NO3S2. The van der Waals surface area contributed by atoms with Crippen molar-refractivity contribution in [2.24, 2.45) is 0 Å². The normalized spacial score (nSPS) is 10.2. The van der Waals surface area contributed by atoms with Crippen molar-refractivity contribution in [1.29, 1.82) is 0 Å². The summed E-state index contributed by atoms with van der Waals surface area (Å²) in [4.78, 5) is 13.7.